The predicted molar refractivity (Wildman–Crippen MR) is 78.9 cm³/mol. The highest BCUT2D eigenvalue weighted by molar-refractivity contribution is 6.48. The fraction of sp³-hybridized carbons (Fsp3) is 0.0769. The van der Waals surface area contributed by atoms with Crippen LogP contribution < -0.4 is 5.56 Å². The Bertz CT molecular complexity index is 717. The number of hydrogen-bond acceptors (Lipinski definition) is 3. The Morgan fingerprint density at radius 3 is 2.25 bits per heavy atom. The first-order valence-corrected chi connectivity index (χ1v) is 6.54. The lowest BCUT2D eigenvalue weighted by atomic mass is 10.1. The Balaban J connectivity index is 2.54. The van der Waals surface area contributed by atoms with E-state index in [9.17, 15) is 9.59 Å². The summed E-state index contributed by atoms with van der Waals surface area (Å²) >= 11 is 17.7. The van der Waals surface area contributed by atoms with Gasteiger partial charge in [-0.1, -0.05) is 34.8 Å². The van der Waals surface area contributed by atoms with Gasteiger partial charge in [-0.25, -0.2) is 4.79 Å². The van der Waals surface area contributed by atoms with Crippen LogP contribution in [0.15, 0.2) is 29.1 Å². The maximum Gasteiger partial charge on any atom is 0.354 e. The second kappa shape index (κ2) is 5.87. The van der Waals surface area contributed by atoms with Crippen molar-refractivity contribution in [2.24, 2.45) is 0 Å². The van der Waals surface area contributed by atoms with Crippen molar-refractivity contribution in [1.29, 1.82) is 0 Å². The van der Waals surface area contributed by atoms with Crippen LogP contribution in [0.25, 0.3) is 11.1 Å². The molecular weight excluding hydrogens is 325 g/mol. The molecule has 20 heavy (non-hydrogen) atoms. The molecule has 0 saturated heterocycles. The third-order valence-corrected chi connectivity index (χ3v) is 3.81. The standard InChI is InChI=1S/C13H8Cl3NO3/c1-20-13(19)10-3-2-7(12(18)17-10)6-4-8(14)11(16)9(15)5-6/h2-5H,1H3,(H,17,18). The van der Waals surface area contributed by atoms with Crippen molar-refractivity contribution in [3.8, 4) is 11.1 Å². The summed E-state index contributed by atoms with van der Waals surface area (Å²) in [5.74, 6) is -0.624. The number of carbonyl (C=O) groups excluding carboxylic acids is 1. The first-order chi connectivity index (χ1) is 9.43. The van der Waals surface area contributed by atoms with Crippen molar-refractivity contribution >= 4 is 40.8 Å². The lowest BCUT2D eigenvalue weighted by Crippen LogP contribution is -2.15. The Morgan fingerprint density at radius 1 is 1.15 bits per heavy atom. The second-order valence-electron chi connectivity index (χ2n) is 3.86. The fourth-order valence-electron chi connectivity index (χ4n) is 1.64. The number of aromatic amines is 1. The largest absolute Gasteiger partial charge is 0.464 e. The van der Waals surface area contributed by atoms with Crippen molar-refractivity contribution in [1.82, 2.24) is 4.98 Å². The number of methoxy groups -OCH3 is 1. The van der Waals surface area contributed by atoms with Gasteiger partial charge in [0.15, 0.2) is 0 Å². The number of aromatic nitrogens is 1. The summed E-state index contributed by atoms with van der Waals surface area (Å²) in [7, 11) is 1.23. The summed E-state index contributed by atoms with van der Waals surface area (Å²) in [5, 5.41) is 0.705. The van der Waals surface area contributed by atoms with Crippen LogP contribution in [-0.2, 0) is 4.74 Å². The molecule has 2 aromatic rings. The van der Waals surface area contributed by atoms with E-state index in [1.165, 1.54) is 31.4 Å². The van der Waals surface area contributed by atoms with Crippen LogP contribution in [0.5, 0.6) is 0 Å². The Morgan fingerprint density at radius 2 is 1.75 bits per heavy atom. The van der Waals surface area contributed by atoms with E-state index in [1.54, 1.807) is 0 Å². The van der Waals surface area contributed by atoms with E-state index < -0.39 is 11.5 Å². The van der Waals surface area contributed by atoms with Crippen molar-refractivity contribution in [3.05, 3.63) is 55.4 Å². The molecular formula is C13H8Cl3NO3. The minimum atomic E-state index is -0.624. The quantitative estimate of drug-likeness (QED) is 0.672. The minimum Gasteiger partial charge on any atom is -0.464 e. The smallest absolute Gasteiger partial charge is 0.354 e. The molecule has 7 heteroatoms. The number of carbonyl (C=O) groups is 1. The number of pyridine rings is 1. The SMILES string of the molecule is COC(=O)c1ccc(-c2cc(Cl)c(Cl)c(Cl)c2)c(=O)[nH]1. The highest BCUT2D eigenvalue weighted by atomic mass is 35.5. The molecule has 0 radical (unpaired) electrons. The molecule has 0 aliphatic carbocycles. The number of rotatable bonds is 2. The Hall–Kier alpha value is -1.49. The van der Waals surface area contributed by atoms with Crippen molar-refractivity contribution in [2.75, 3.05) is 7.11 Å². The van der Waals surface area contributed by atoms with Crippen LogP contribution in [0.4, 0.5) is 0 Å². The number of halogens is 3. The van der Waals surface area contributed by atoms with Crippen LogP contribution in [0, 0.1) is 0 Å². The van der Waals surface area contributed by atoms with Gasteiger partial charge in [-0.2, -0.15) is 0 Å². The van der Waals surface area contributed by atoms with E-state index in [4.69, 9.17) is 34.8 Å². The van der Waals surface area contributed by atoms with Crippen LogP contribution in [0.2, 0.25) is 15.1 Å². The van der Waals surface area contributed by atoms with Gasteiger partial charge in [-0.05, 0) is 29.8 Å². The summed E-state index contributed by atoms with van der Waals surface area (Å²) in [6, 6.07) is 5.98. The first-order valence-electron chi connectivity index (χ1n) is 5.40. The molecule has 2 rings (SSSR count). The van der Waals surface area contributed by atoms with Gasteiger partial charge in [0, 0.05) is 5.56 Å². The van der Waals surface area contributed by atoms with Gasteiger partial charge in [-0.15, -0.1) is 0 Å². The molecule has 0 aliphatic heterocycles. The number of hydrogen-bond donors (Lipinski definition) is 1. The van der Waals surface area contributed by atoms with Gasteiger partial charge in [0.2, 0.25) is 0 Å². The van der Waals surface area contributed by atoms with Crippen LogP contribution >= 0.6 is 34.8 Å². The molecule has 0 bridgehead atoms. The van der Waals surface area contributed by atoms with Gasteiger partial charge in [0.1, 0.15) is 5.69 Å². The highest BCUT2D eigenvalue weighted by Gasteiger charge is 2.12. The molecule has 0 aliphatic rings. The van der Waals surface area contributed by atoms with E-state index >= 15 is 0 Å². The molecule has 1 aromatic carbocycles. The number of H-pyrrole nitrogens is 1. The predicted octanol–water partition coefficient (Wildman–Crippen LogP) is 3.79. The Kier molecular flexibility index (Phi) is 4.38. The van der Waals surface area contributed by atoms with Crippen LogP contribution in [0.1, 0.15) is 10.5 Å². The maximum absolute atomic E-state index is 12.0. The van der Waals surface area contributed by atoms with E-state index in [0.717, 1.165) is 0 Å². The molecule has 104 valence electrons. The third-order valence-electron chi connectivity index (χ3n) is 2.61. The van der Waals surface area contributed by atoms with Crippen LogP contribution in [-0.4, -0.2) is 18.1 Å². The summed E-state index contributed by atoms with van der Waals surface area (Å²) in [6.07, 6.45) is 0. The molecule has 4 nitrogen and oxygen atoms in total. The zero-order valence-corrected chi connectivity index (χ0v) is 12.4. The van der Waals surface area contributed by atoms with Crippen molar-refractivity contribution in [2.45, 2.75) is 0 Å². The van der Waals surface area contributed by atoms with E-state index in [-0.39, 0.29) is 20.8 Å². The van der Waals surface area contributed by atoms with Gasteiger partial charge in [0.25, 0.3) is 5.56 Å². The normalized spacial score (nSPS) is 10.4. The molecule has 1 aromatic heterocycles. The lowest BCUT2D eigenvalue weighted by molar-refractivity contribution is 0.0594. The van der Waals surface area contributed by atoms with Gasteiger partial charge < -0.3 is 9.72 Å². The summed E-state index contributed by atoms with van der Waals surface area (Å²) in [6.45, 7) is 0. The number of esters is 1. The highest BCUT2D eigenvalue weighted by Crippen LogP contribution is 2.34. The summed E-state index contributed by atoms with van der Waals surface area (Å²) < 4.78 is 4.52. The van der Waals surface area contributed by atoms with Gasteiger partial charge >= 0.3 is 5.97 Å². The molecule has 0 spiro atoms. The second-order valence-corrected chi connectivity index (χ2v) is 5.05. The average molecular weight is 333 g/mol. The summed E-state index contributed by atoms with van der Waals surface area (Å²) in [5.41, 5.74) is 0.426. The van der Waals surface area contributed by atoms with Gasteiger partial charge in [0.05, 0.1) is 22.2 Å². The number of nitrogens with one attached hydrogen (secondary N) is 1. The van der Waals surface area contributed by atoms with E-state index in [0.29, 0.717) is 11.1 Å². The minimum absolute atomic E-state index is 0.0624. The van der Waals surface area contributed by atoms with Gasteiger partial charge in [-0.3, -0.25) is 4.79 Å². The zero-order valence-electron chi connectivity index (χ0n) is 10.2. The third kappa shape index (κ3) is 2.82. The molecule has 1 N–H and O–H groups in total. The molecule has 0 fully saturated rings. The summed E-state index contributed by atoms with van der Waals surface area (Å²) in [4.78, 5) is 25.7. The lowest BCUT2D eigenvalue weighted by Gasteiger charge is -2.06. The molecule has 0 atom stereocenters. The zero-order chi connectivity index (χ0) is 14.9. The van der Waals surface area contributed by atoms with Crippen molar-refractivity contribution < 1.29 is 9.53 Å². The van der Waals surface area contributed by atoms with E-state index in [1.807, 2.05) is 0 Å². The Labute approximate surface area is 129 Å². The topological polar surface area (TPSA) is 59.2 Å². The fourth-order valence-corrected chi connectivity index (χ4v) is 2.24. The number of benzene rings is 1. The first kappa shape index (κ1) is 14.9. The molecule has 0 unspecified atom stereocenters. The van der Waals surface area contributed by atoms with Crippen LogP contribution in [0.3, 0.4) is 0 Å². The molecule has 0 amide bonds. The number of ether oxygens (including phenoxy) is 1. The molecule has 0 saturated carbocycles. The monoisotopic (exact) mass is 331 g/mol. The average Bonchev–Trinajstić information content (AvgIpc) is 2.43. The van der Waals surface area contributed by atoms with Crippen molar-refractivity contribution in [3.63, 3.8) is 0 Å². The maximum atomic E-state index is 12.0. The molecule has 1 heterocycles. The van der Waals surface area contributed by atoms with E-state index in [2.05, 4.69) is 9.72 Å².